The second kappa shape index (κ2) is 6.88. The van der Waals surface area contributed by atoms with Gasteiger partial charge in [0.2, 0.25) is 0 Å². The Balaban J connectivity index is 1.88. The van der Waals surface area contributed by atoms with Gasteiger partial charge in [-0.3, -0.25) is 0 Å². The van der Waals surface area contributed by atoms with Gasteiger partial charge in [-0.15, -0.1) is 0 Å². The number of hydrogen-bond acceptors (Lipinski definition) is 3. The molecule has 1 aliphatic rings. The van der Waals surface area contributed by atoms with Crippen LogP contribution in [-0.4, -0.2) is 32.3 Å². The third kappa shape index (κ3) is 3.31. The maximum absolute atomic E-state index is 5.89. The van der Waals surface area contributed by atoms with Crippen molar-refractivity contribution in [2.75, 3.05) is 20.2 Å². The van der Waals surface area contributed by atoms with Crippen molar-refractivity contribution in [2.45, 2.75) is 37.3 Å². The van der Waals surface area contributed by atoms with Crippen LogP contribution < -0.4 is 11.1 Å². The SMILES string of the molecule is COC1CCCC1NCC(CN)c1ccccc1. The highest BCUT2D eigenvalue weighted by Crippen LogP contribution is 2.22. The lowest BCUT2D eigenvalue weighted by Gasteiger charge is -2.23. The second-order valence-corrected chi connectivity index (χ2v) is 5.06. The molecule has 0 saturated heterocycles. The van der Waals surface area contributed by atoms with E-state index in [-0.39, 0.29) is 0 Å². The molecule has 1 aromatic rings. The summed E-state index contributed by atoms with van der Waals surface area (Å²) >= 11 is 0. The highest BCUT2D eigenvalue weighted by atomic mass is 16.5. The van der Waals surface area contributed by atoms with Gasteiger partial charge in [-0.1, -0.05) is 30.3 Å². The van der Waals surface area contributed by atoms with Crippen LogP contribution in [0, 0.1) is 0 Å². The molecule has 18 heavy (non-hydrogen) atoms. The van der Waals surface area contributed by atoms with E-state index in [9.17, 15) is 0 Å². The standard InChI is InChI=1S/C15H24N2O/c1-18-15-9-5-8-14(15)17-11-13(10-16)12-6-3-2-4-7-12/h2-4,6-7,13-15,17H,5,8-11,16H2,1H3. The van der Waals surface area contributed by atoms with Crippen LogP contribution in [0.15, 0.2) is 30.3 Å². The summed E-state index contributed by atoms with van der Waals surface area (Å²) in [4.78, 5) is 0. The van der Waals surface area contributed by atoms with Crippen LogP contribution >= 0.6 is 0 Å². The predicted molar refractivity (Wildman–Crippen MR) is 74.7 cm³/mol. The molecule has 1 saturated carbocycles. The lowest BCUT2D eigenvalue weighted by atomic mass is 9.99. The van der Waals surface area contributed by atoms with E-state index in [4.69, 9.17) is 10.5 Å². The number of rotatable bonds is 6. The Labute approximate surface area is 110 Å². The van der Waals surface area contributed by atoms with E-state index >= 15 is 0 Å². The number of hydrogen-bond donors (Lipinski definition) is 2. The van der Waals surface area contributed by atoms with Crippen molar-refractivity contribution in [1.82, 2.24) is 5.32 Å². The average Bonchev–Trinajstić information content (AvgIpc) is 2.88. The van der Waals surface area contributed by atoms with Crippen molar-refractivity contribution in [3.8, 4) is 0 Å². The number of methoxy groups -OCH3 is 1. The van der Waals surface area contributed by atoms with Crippen LogP contribution in [0.4, 0.5) is 0 Å². The fourth-order valence-corrected chi connectivity index (χ4v) is 2.80. The highest BCUT2D eigenvalue weighted by Gasteiger charge is 2.27. The van der Waals surface area contributed by atoms with Crippen LogP contribution in [0.25, 0.3) is 0 Å². The monoisotopic (exact) mass is 248 g/mol. The Kier molecular flexibility index (Phi) is 5.17. The fourth-order valence-electron chi connectivity index (χ4n) is 2.80. The fraction of sp³-hybridized carbons (Fsp3) is 0.600. The van der Waals surface area contributed by atoms with Gasteiger partial charge in [0.15, 0.2) is 0 Å². The molecule has 2 rings (SSSR count). The summed E-state index contributed by atoms with van der Waals surface area (Å²) in [5.74, 6) is 0.393. The van der Waals surface area contributed by atoms with Crippen molar-refractivity contribution in [2.24, 2.45) is 5.73 Å². The normalized spacial score (nSPS) is 25.2. The van der Waals surface area contributed by atoms with Gasteiger partial charge < -0.3 is 15.8 Å². The van der Waals surface area contributed by atoms with Gasteiger partial charge in [0.25, 0.3) is 0 Å². The third-order valence-corrected chi connectivity index (χ3v) is 3.94. The lowest BCUT2D eigenvalue weighted by molar-refractivity contribution is 0.0848. The number of nitrogens with one attached hydrogen (secondary N) is 1. The van der Waals surface area contributed by atoms with Crippen molar-refractivity contribution >= 4 is 0 Å². The summed E-state index contributed by atoms with van der Waals surface area (Å²) in [5, 5.41) is 3.63. The summed E-state index contributed by atoms with van der Waals surface area (Å²) < 4.78 is 5.50. The number of ether oxygens (including phenoxy) is 1. The Morgan fingerprint density at radius 2 is 2.11 bits per heavy atom. The molecule has 1 aliphatic carbocycles. The number of benzene rings is 1. The van der Waals surface area contributed by atoms with Crippen molar-refractivity contribution in [3.63, 3.8) is 0 Å². The molecule has 3 nitrogen and oxygen atoms in total. The molecule has 0 spiro atoms. The van der Waals surface area contributed by atoms with E-state index in [1.54, 1.807) is 0 Å². The molecule has 0 aromatic heterocycles. The Bertz CT molecular complexity index is 342. The van der Waals surface area contributed by atoms with Crippen molar-refractivity contribution < 1.29 is 4.74 Å². The first-order valence-corrected chi connectivity index (χ1v) is 6.86. The topological polar surface area (TPSA) is 47.3 Å². The van der Waals surface area contributed by atoms with Crippen molar-refractivity contribution in [3.05, 3.63) is 35.9 Å². The summed E-state index contributed by atoms with van der Waals surface area (Å²) in [7, 11) is 1.81. The molecular formula is C15H24N2O. The quantitative estimate of drug-likeness (QED) is 0.808. The molecule has 0 heterocycles. The average molecular weight is 248 g/mol. The maximum Gasteiger partial charge on any atom is 0.0724 e. The minimum atomic E-state index is 0.374. The van der Waals surface area contributed by atoms with E-state index in [1.807, 2.05) is 13.2 Å². The van der Waals surface area contributed by atoms with Gasteiger partial charge in [-0.05, 0) is 24.8 Å². The smallest absolute Gasteiger partial charge is 0.0724 e. The Morgan fingerprint density at radius 1 is 1.33 bits per heavy atom. The van der Waals surface area contributed by atoms with Gasteiger partial charge in [0.05, 0.1) is 6.10 Å². The summed E-state index contributed by atoms with van der Waals surface area (Å²) in [6.07, 6.45) is 4.02. The van der Waals surface area contributed by atoms with Gasteiger partial charge in [-0.2, -0.15) is 0 Å². The molecule has 0 amide bonds. The summed E-state index contributed by atoms with van der Waals surface area (Å²) in [5.41, 5.74) is 7.20. The molecule has 0 radical (unpaired) electrons. The van der Waals surface area contributed by atoms with E-state index in [1.165, 1.54) is 24.8 Å². The molecule has 3 atom stereocenters. The molecule has 1 fully saturated rings. The molecule has 100 valence electrons. The molecular weight excluding hydrogens is 224 g/mol. The first-order chi connectivity index (χ1) is 8.85. The molecule has 0 aliphatic heterocycles. The van der Waals surface area contributed by atoms with E-state index in [0.29, 0.717) is 24.6 Å². The Hall–Kier alpha value is -0.900. The zero-order valence-corrected chi connectivity index (χ0v) is 11.1. The van der Waals surface area contributed by atoms with Crippen LogP contribution in [0.3, 0.4) is 0 Å². The molecule has 0 bridgehead atoms. The zero-order chi connectivity index (χ0) is 12.8. The van der Waals surface area contributed by atoms with Crippen LogP contribution in [0.2, 0.25) is 0 Å². The van der Waals surface area contributed by atoms with Gasteiger partial charge in [0, 0.05) is 32.2 Å². The van der Waals surface area contributed by atoms with E-state index in [2.05, 4.69) is 29.6 Å². The van der Waals surface area contributed by atoms with E-state index < -0.39 is 0 Å². The second-order valence-electron chi connectivity index (χ2n) is 5.06. The first kappa shape index (κ1) is 13.5. The molecule has 3 heteroatoms. The Morgan fingerprint density at radius 3 is 2.78 bits per heavy atom. The first-order valence-electron chi connectivity index (χ1n) is 6.86. The predicted octanol–water partition coefficient (Wildman–Crippen LogP) is 1.89. The molecule has 3 unspecified atom stereocenters. The van der Waals surface area contributed by atoms with Gasteiger partial charge in [0.1, 0.15) is 0 Å². The van der Waals surface area contributed by atoms with Gasteiger partial charge >= 0.3 is 0 Å². The lowest BCUT2D eigenvalue weighted by Crippen LogP contribution is -2.40. The maximum atomic E-state index is 5.89. The molecule has 3 N–H and O–H groups in total. The largest absolute Gasteiger partial charge is 0.380 e. The summed E-state index contributed by atoms with van der Waals surface area (Å²) in [6, 6.07) is 11.0. The highest BCUT2D eigenvalue weighted by molar-refractivity contribution is 5.20. The molecule has 1 aromatic carbocycles. The minimum absolute atomic E-state index is 0.374. The summed E-state index contributed by atoms with van der Waals surface area (Å²) in [6.45, 7) is 1.62. The third-order valence-electron chi connectivity index (χ3n) is 3.94. The van der Waals surface area contributed by atoms with Crippen molar-refractivity contribution in [1.29, 1.82) is 0 Å². The van der Waals surface area contributed by atoms with E-state index in [0.717, 1.165) is 6.54 Å². The van der Waals surface area contributed by atoms with Crippen LogP contribution in [-0.2, 0) is 4.74 Å². The van der Waals surface area contributed by atoms with Crippen LogP contribution in [0.5, 0.6) is 0 Å². The van der Waals surface area contributed by atoms with Gasteiger partial charge in [-0.25, -0.2) is 0 Å². The minimum Gasteiger partial charge on any atom is -0.380 e. The number of nitrogens with two attached hydrogens (primary N) is 1. The van der Waals surface area contributed by atoms with Crippen LogP contribution in [0.1, 0.15) is 30.7 Å². The zero-order valence-electron chi connectivity index (χ0n) is 11.1.